The van der Waals surface area contributed by atoms with Crippen LogP contribution in [0.4, 0.5) is 0 Å². The van der Waals surface area contributed by atoms with Crippen LogP contribution < -0.4 is 5.32 Å². The van der Waals surface area contributed by atoms with E-state index in [1.54, 1.807) is 10.6 Å². The largest absolute Gasteiger partial charge is 0.469 e. The Morgan fingerprint density at radius 1 is 1.22 bits per heavy atom. The molecule has 3 fully saturated rings. The van der Waals surface area contributed by atoms with Crippen molar-refractivity contribution >= 4 is 15.9 Å². The Labute approximate surface area is 136 Å². The summed E-state index contributed by atoms with van der Waals surface area (Å²) in [4.78, 5) is 12.3. The van der Waals surface area contributed by atoms with E-state index in [0.717, 1.165) is 25.0 Å². The predicted molar refractivity (Wildman–Crippen MR) is 84.2 cm³/mol. The molecule has 0 radical (unpaired) electrons. The molecule has 3 aliphatic rings. The van der Waals surface area contributed by atoms with E-state index >= 15 is 0 Å². The van der Waals surface area contributed by atoms with Crippen LogP contribution in [0.3, 0.4) is 0 Å². The number of sulfonamides is 1. The minimum Gasteiger partial charge on any atom is -0.469 e. The Balaban J connectivity index is 1.26. The van der Waals surface area contributed by atoms with Crippen molar-refractivity contribution < 1.29 is 17.6 Å². The summed E-state index contributed by atoms with van der Waals surface area (Å²) in [5.74, 6) is 1.18. The zero-order valence-corrected chi connectivity index (χ0v) is 13.8. The lowest BCUT2D eigenvalue weighted by Crippen LogP contribution is -2.47. The van der Waals surface area contributed by atoms with Crippen LogP contribution in [0.5, 0.6) is 0 Å². The third-order valence-electron chi connectivity index (χ3n) is 5.14. The lowest BCUT2D eigenvalue weighted by atomic mass is 10.1. The molecule has 2 saturated carbocycles. The molecule has 4 rings (SSSR count). The zero-order chi connectivity index (χ0) is 16.0. The summed E-state index contributed by atoms with van der Waals surface area (Å²) < 4.78 is 31.4. The summed E-state index contributed by atoms with van der Waals surface area (Å²) in [6.07, 6.45) is 5.49. The minimum absolute atomic E-state index is 0.00868. The molecule has 1 N–H and O–H groups in total. The maximum atomic E-state index is 12.3. The third kappa shape index (κ3) is 3.04. The molecule has 0 aromatic carbocycles. The lowest BCUT2D eigenvalue weighted by molar-refractivity contribution is -0.123. The van der Waals surface area contributed by atoms with Crippen molar-refractivity contribution in [3.63, 3.8) is 0 Å². The predicted octanol–water partition coefficient (Wildman–Crippen LogP) is 1.46. The van der Waals surface area contributed by atoms with Crippen LogP contribution in [0.15, 0.2) is 22.8 Å². The molecule has 126 valence electrons. The number of amides is 1. The van der Waals surface area contributed by atoms with E-state index in [4.69, 9.17) is 4.42 Å². The van der Waals surface area contributed by atoms with Crippen molar-refractivity contribution in [2.75, 3.05) is 13.1 Å². The number of carbonyl (C=O) groups excluding carboxylic acids is 1. The number of hydrogen-bond acceptors (Lipinski definition) is 4. The molecule has 0 unspecified atom stereocenters. The van der Waals surface area contributed by atoms with Gasteiger partial charge in [-0.15, -0.1) is 0 Å². The first-order chi connectivity index (χ1) is 11.1. The molecule has 2 heterocycles. The van der Waals surface area contributed by atoms with Gasteiger partial charge in [0, 0.05) is 31.0 Å². The van der Waals surface area contributed by atoms with Crippen molar-refractivity contribution in [2.24, 2.45) is 5.92 Å². The van der Waals surface area contributed by atoms with Gasteiger partial charge in [-0.05, 0) is 44.2 Å². The topological polar surface area (TPSA) is 79.6 Å². The first-order valence-corrected chi connectivity index (χ1v) is 9.89. The highest BCUT2D eigenvalue weighted by molar-refractivity contribution is 7.90. The van der Waals surface area contributed by atoms with Gasteiger partial charge >= 0.3 is 0 Å². The zero-order valence-electron chi connectivity index (χ0n) is 13.0. The molecule has 2 aliphatic carbocycles. The van der Waals surface area contributed by atoms with Crippen LogP contribution in [-0.4, -0.2) is 43.0 Å². The van der Waals surface area contributed by atoms with Gasteiger partial charge in [-0.3, -0.25) is 4.79 Å². The number of hydrogen-bond donors (Lipinski definition) is 1. The second-order valence-corrected chi connectivity index (χ2v) is 9.10. The van der Waals surface area contributed by atoms with Gasteiger partial charge in [0.05, 0.1) is 11.5 Å². The molecule has 7 heteroatoms. The fourth-order valence-electron chi connectivity index (χ4n) is 3.44. The highest BCUT2D eigenvalue weighted by atomic mass is 32.2. The molecular formula is C16H22N2O4S. The number of furan rings is 1. The summed E-state index contributed by atoms with van der Waals surface area (Å²) in [5.41, 5.74) is 0. The van der Waals surface area contributed by atoms with E-state index in [0.29, 0.717) is 25.9 Å². The smallest absolute Gasteiger partial charge is 0.224 e. The Morgan fingerprint density at radius 2 is 1.96 bits per heavy atom. The van der Waals surface area contributed by atoms with E-state index in [1.165, 1.54) is 0 Å². The van der Waals surface area contributed by atoms with Gasteiger partial charge < -0.3 is 9.73 Å². The van der Waals surface area contributed by atoms with Gasteiger partial charge in [-0.1, -0.05) is 0 Å². The molecule has 1 saturated heterocycles. The number of carbonyl (C=O) groups is 1. The molecule has 2 atom stereocenters. The Bertz CT molecular complexity index is 673. The van der Waals surface area contributed by atoms with Gasteiger partial charge in [-0.25, -0.2) is 12.7 Å². The molecule has 1 amide bonds. The number of nitrogens with zero attached hydrogens (tertiary/aromatic N) is 1. The van der Waals surface area contributed by atoms with Gasteiger partial charge in [0.15, 0.2) is 0 Å². The highest BCUT2D eigenvalue weighted by Gasteiger charge is 2.46. The molecule has 0 spiro atoms. The standard InChI is InChI=1S/C16H22N2O4S/c19-16(14-10-13(14)15-2-1-9-22-15)17-11-5-7-18(8-6-11)23(20,21)12-3-4-12/h1-2,9,11-14H,3-8,10H2,(H,17,19)/t13-,14+/m0/s1. The second kappa shape index (κ2) is 5.63. The molecule has 6 nitrogen and oxygen atoms in total. The van der Waals surface area contributed by atoms with Crippen LogP contribution >= 0.6 is 0 Å². The quantitative estimate of drug-likeness (QED) is 0.881. The summed E-state index contributed by atoms with van der Waals surface area (Å²) in [7, 11) is -3.07. The number of nitrogens with one attached hydrogen (secondary N) is 1. The maximum absolute atomic E-state index is 12.3. The number of piperidine rings is 1. The molecule has 0 bridgehead atoms. The lowest BCUT2D eigenvalue weighted by Gasteiger charge is -2.31. The fourth-order valence-corrected chi connectivity index (χ4v) is 5.31. The Morgan fingerprint density at radius 3 is 2.57 bits per heavy atom. The van der Waals surface area contributed by atoms with Crippen LogP contribution in [0.1, 0.15) is 43.8 Å². The van der Waals surface area contributed by atoms with Gasteiger partial charge in [0.25, 0.3) is 0 Å². The first kappa shape index (κ1) is 15.2. The van der Waals surface area contributed by atoms with Gasteiger partial charge in [0.1, 0.15) is 5.76 Å². The summed E-state index contributed by atoms with van der Waals surface area (Å²) in [6, 6.07) is 3.85. The molecule has 1 aromatic heterocycles. The third-order valence-corrected chi connectivity index (χ3v) is 7.54. The van der Waals surface area contributed by atoms with E-state index in [-0.39, 0.29) is 29.0 Å². The SMILES string of the molecule is O=C(NC1CCN(S(=O)(=O)C2CC2)CC1)[C@@H]1C[C@@H]1c1ccco1. The summed E-state index contributed by atoms with van der Waals surface area (Å²) >= 11 is 0. The van der Waals surface area contributed by atoms with Gasteiger partial charge in [0.2, 0.25) is 15.9 Å². The molecular weight excluding hydrogens is 316 g/mol. The van der Waals surface area contributed by atoms with Crippen molar-refractivity contribution in [1.29, 1.82) is 0 Å². The van der Waals surface area contributed by atoms with Crippen LogP contribution in [0, 0.1) is 5.92 Å². The average molecular weight is 338 g/mol. The Hall–Kier alpha value is -1.34. The normalized spacial score (nSPS) is 29.4. The van der Waals surface area contributed by atoms with Crippen molar-refractivity contribution in [1.82, 2.24) is 9.62 Å². The number of rotatable bonds is 5. The van der Waals surface area contributed by atoms with Crippen LogP contribution in [0.2, 0.25) is 0 Å². The Kier molecular flexibility index (Phi) is 3.72. The van der Waals surface area contributed by atoms with Crippen molar-refractivity contribution in [3.05, 3.63) is 24.2 Å². The van der Waals surface area contributed by atoms with E-state index in [9.17, 15) is 13.2 Å². The highest BCUT2D eigenvalue weighted by Crippen LogP contribution is 2.47. The second-order valence-electron chi connectivity index (χ2n) is 6.89. The molecule has 1 aliphatic heterocycles. The monoisotopic (exact) mass is 338 g/mol. The molecule has 23 heavy (non-hydrogen) atoms. The van der Waals surface area contributed by atoms with E-state index < -0.39 is 10.0 Å². The van der Waals surface area contributed by atoms with Crippen LogP contribution in [0.25, 0.3) is 0 Å². The summed E-state index contributed by atoms with van der Waals surface area (Å²) in [6.45, 7) is 1.05. The van der Waals surface area contributed by atoms with E-state index in [1.807, 2.05) is 12.1 Å². The van der Waals surface area contributed by atoms with Crippen molar-refractivity contribution in [3.8, 4) is 0 Å². The minimum atomic E-state index is -3.07. The fraction of sp³-hybridized carbons (Fsp3) is 0.688. The van der Waals surface area contributed by atoms with E-state index in [2.05, 4.69) is 5.32 Å². The van der Waals surface area contributed by atoms with Crippen molar-refractivity contribution in [2.45, 2.75) is 49.3 Å². The average Bonchev–Trinajstić information content (AvgIpc) is 3.46. The maximum Gasteiger partial charge on any atom is 0.224 e. The van der Waals surface area contributed by atoms with Gasteiger partial charge in [-0.2, -0.15) is 0 Å². The first-order valence-electron chi connectivity index (χ1n) is 8.38. The molecule has 1 aromatic rings. The summed E-state index contributed by atoms with van der Waals surface area (Å²) in [5, 5.41) is 2.94. The van der Waals surface area contributed by atoms with Crippen LogP contribution in [-0.2, 0) is 14.8 Å².